The van der Waals surface area contributed by atoms with Gasteiger partial charge in [-0.1, -0.05) is 11.6 Å². The molecule has 1 atom stereocenters. The Bertz CT molecular complexity index is 394. The molecule has 0 aromatic rings. The maximum absolute atomic E-state index is 12.4. The highest BCUT2D eigenvalue weighted by molar-refractivity contribution is 5.76. The molecular weight excluding hydrogens is 248 g/mol. The fourth-order valence-corrected chi connectivity index (χ4v) is 2.40. The number of carboxylic acids is 1. The average Bonchev–Trinajstić information content (AvgIpc) is 2.39. The Hall–Kier alpha value is -1.56. The van der Waals surface area contributed by atoms with Crippen molar-refractivity contribution >= 4 is 12.0 Å². The Morgan fingerprint density at radius 2 is 2.26 bits per heavy atom. The van der Waals surface area contributed by atoms with Crippen LogP contribution in [-0.2, 0) is 9.53 Å². The summed E-state index contributed by atoms with van der Waals surface area (Å²) in [6.07, 6.45) is 2.88. The Kier molecular flexibility index (Phi) is 4.42. The molecule has 0 aliphatic carbocycles. The van der Waals surface area contributed by atoms with E-state index in [1.807, 2.05) is 6.08 Å². The number of aliphatic carboxylic acids is 1. The molecule has 1 unspecified atom stereocenters. The quantitative estimate of drug-likeness (QED) is 0.756. The number of rotatable bonds is 2. The Labute approximate surface area is 112 Å². The number of nitrogens with zero attached hydrogens (tertiary/aromatic N) is 2. The van der Waals surface area contributed by atoms with E-state index in [-0.39, 0.29) is 18.5 Å². The minimum atomic E-state index is -0.900. The van der Waals surface area contributed by atoms with Gasteiger partial charge in [0.2, 0.25) is 0 Å². The number of ether oxygens (including phenoxy) is 1. The van der Waals surface area contributed by atoms with Gasteiger partial charge in [-0.05, 0) is 13.3 Å². The lowest BCUT2D eigenvalue weighted by Crippen LogP contribution is -2.54. The van der Waals surface area contributed by atoms with E-state index in [1.54, 1.807) is 9.80 Å². The minimum Gasteiger partial charge on any atom is -0.481 e. The normalized spacial score (nSPS) is 24.1. The number of carbonyl (C=O) groups excluding carboxylic acids is 1. The van der Waals surface area contributed by atoms with Gasteiger partial charge >= 0.3 is 12.0 Å². The molecule has 1 N–H and O–H groups in total. The summed E-state index contributed by atoms with van der Waals surface area (Å²) in [4.78, 5) is 26.7. The van der Waals surface area contributed by atoms with Crippen LogP contribution in [0.5, 0.6) is 0 Å². The number of hydrogen-bond acceptors (Lipinski definition) is 3. The standard InChI is InChI=1S/C13H20N2O4/c1-10-2-4-14(5-3-10)13(18)15-6-7-19-9-11(15)8-12(16)17/h2,11H,3-9H2,1H3,(H,16,17). The monoisotopic (exact) mass is 268 g/mol. The molecule has 106 valence electrons. The SMILES string of the molecule is CC1=CCN(C(=O)N2CCOCC2CC(=O)O)CC1. The minimum absolute atomic E-state index is 0.0611. The third-order valence-corrected chi connectivity index (χ3v) is 3.59. The molecule has 0 aromatic heterocycles. The van der Waals surface area contributed by atoms with Crippen molar-refractivity contribution in [3.63, 3.8) is 0 Å². The number of urea groups is 1. The maximum Gasteiger partial charge on any atom is 0.320 e. The highest BCUT2D eigenvalue weighted by atomic mass is 16.5. The smallest absolute Gasteiger partial charge is 0.320 e. The molecule has 0 spiro atoms. The lowest BCUT2D eigenvalue weighted by Gasteiger charge is -2.39. The van der Waals surface area contributed by atoms with Crippen LogP contribution in [0.2, 0.25) is 0 Å². The van der Waals surface area contributed by atoms with Crippen molar-refractivity contribution < 1.29 is 19.4 Å². The van der Waals surface area contributed by atoms with Gasteiger partial charge in [-0.25, -0.2) is 4.79 Å². The van der Waals surface area contributed by atoms with Gasteiger partial charge in [0.15, 0.2) is 0 Å². The van der Waals surface area contributed by atoms with Crippen LogP contribution in [0.3, 0.4) is 0 Å². The summed E-state index contributed by atoms with van der Waals surface area (Å²) in [5, 5.41) is 8.89. The van der Waals surface area contributed by atoms with Crippen LogP contribution in [0.25, 0.3) is 0 Å². The Balaban J connectivity index is 2.01. The Morgan fingerprint density at radius 1 is 1.47 bits per heavy atom. The molecule has 19 heavy (non-hydrogen) atoms. The van der Waals surface area contributed by atoms with Crippen LogP contribution in [0.15, 0.2) is 11.6 Å². The maximum atomic E-state index is 12.4. The van der Waals surface area contributed by atoms with Gasteiger partial charge in [0.25, 0.3) is 0 Å². The third kappa shape index (κ3) is 3.47. The van der Waals surface area contributed by atoms with Gasteiger partial charge in [0, 0.05) is 19.6 Å². The topological polar surface area (TPSA) is 70.1 Å². The summed E-state index contributed by atoms with van der Waals surface area (Å²) < 4.78 is 5.28. The van der Waals surface area contributed by atoms with Crippen molar-refractivity contribution in [2.45, 2.75) is 25.8 Å². The average molecular weight is 268 g/mol. The highest BCUT2D eigenvalue weighted by Gasteiger charge is 2.32. The second-order valence-electron chi connectivity index (χ2n) is 5.05. The van der Waals surface area contributed by atoms with Gasteiger partial charge in [0.05, 0.1) is 25.7 Å². The molecule has 2 amide bonds. The molecule has 0 saturated carbocycles. The molecule has 1 fully saturated rings. The predicted octanol–water partition coefficient (Wildman–Crippen LogP) is 0.934. The van der Waals surface area contributed by atoms with Gasteiger partial charge in [0.1, 0.15) is 0 Å². The summed E-state index contributed by atoms with van der Waals surface area (Å²) in [5.74, 6) is -0.900. The van der Waals surface area contributed by atoms with E-state index in [4.69, 9.17) is 9.84 Å². The zero-order chi connectivity index (χ0) is 13.8. The highest BCUT2D eigenvalue weighted by Crippen LogP contribution is 2.17. The lowest BCUT2D eigenvalue weighted by atomic mass is 10.1. The van der Waals surface area contributed by atoms with E-state index >= 15 is 0 Å². The first kappa shape index (κ1) is 13.9. The first-order valence-corrected chi connectivity index (χ1v) is 6.58. The second-order valence-corrected chi connectivity index (χ2v) is 5.05. The van der Waals surface area contributed by atoms with Crippen molar-refractivity contribution in [1.29, 1.82) is 0 Å². The van der Waals surface area contributed by atoms with E-state index in [0.29, 0.717) is 32.8 Å². The first-order chi connectivity index (χ1) is 9.08. The predicted molar refractivity (Wildman–Crippen MR) is 68.9 cm³/mol. The largest absolute Gasteiger partial charge is 0.481 e. The van der Waals surface area contributed by atoms with E-state index in [0.717, 1.165) is 6.42 Å². The van der Waals surface area contributed by atoms with Gasteiger partial charge in [-0.2, -0.15) is 0 Å². The molecule has 2 heterocycles. The molecule has 0 bridgehead atoms. The molecule has 2 aliphatic rings. The number of carbonyl (C=O) groups is 2. The van der Waals surface area contributed by atoms with Crippen molar-refractivity contribution in [1.82, 2.24) is 9.80 Å². The van der Waals surface area contributed by atoms with Crippen molar-refractivity contribution in [2.75, 3.05) is 32.8 Å². The lowest BCUT2D eigenvalue weighted by molar-refractivity contribution is -0.139. The Morgan fingerprint density at radius 3 is 2.89 bits per heavy atom. The molecule has 0 aromatic carbocycles. The third-order valence-electron chi connectivity index (χ3n) is 3.59. The van der Waals surface area contributed by atoms with Crippen LogP contribution in [-0.4, -0.2) is 65.8 Å². The van der Waals surface area contributed by atoms with Crippen molar-refractivity contribution in [2.24, 2.45) is 0 Å². The van der Waals surface area contributed by atoms with E-state index < -0.39 is 5.97 Å². The summed E-state index contributed by atoms with van der Waals surface area (Å²) >= 11 is 0. The number of carboxylic acid groups (broad SMARTS) is 1. The molecule has 1 saturated heterocycles. The summed E-state index contributed by atoms with van der Waals surface area (Å²) in [7, 11) is 0. The number of hydrogen-bond donors (Lipinski definition) is 1. The van der Waals surface area contributed by atoms with Crippen molar-refractivity contribution in [3.05, 3.63) is 11.6 Å². The molecule has 6 heteroatoms. The van der Waals surface area contributed by atoms with E-state index in [2.05, 4.69) is 6.92 Å². The van der Waals surface area contributed by atoms with Crippen LogP contribution in [0, 0.1) is 0 Å². The fraction of sp³-hybridized carbons (Fsp3) is 0.692. The fourth-order valence-electron chi connectivity index (χ4n) is 2.40. The number of amides is 2. The molecular formula is C13H20N2O4. The summed E-state index contributed by atoms with van der Waals surface area (Å²) in [6, 6.07) is -0.427. The zero-order valence-electron chi connectivity index (χ0n) is 11.2. The van der Waals surface area contributed by atoms with Crippen molar-refractivity contribution in [3.8, 4) is 0 Å². The second kappa shape index (κ2) is 6.06. The first-order valence-electron chi connectivity index (χ1n) is 6.58. The number of morpholine rings is 1. The van der Waals surface area contributed by atoms with Crippen LogP contribution in [0.1, 0.15) is 19.8 Å². The summed E-state index contributed by atoms with van der Waals surface area (Å²) in [6.45, 7) is 4.63. The van der Waals surface area contributed by atoms with Crippen LogP contribution in [0.4, 0.5) is 4.79 Å². The summed E-state index contributed by atoms with van der Waals surface area (Å²) in [5.41, 5.74) is 1.30. The zero-order valence-corrected chi connectivity index (χ0v) is 11.2. The van der Waals surface area contributed by atoms with E-state index in [1.165, 1.54) is 5.57 Å². The van der Waals surface area contributed by atoms with Crippen LogP contribution >= 0.6 is 0 Å². The van der Waals surface area contributed by atoms with Gasteiger partial charge < -0.3 is 19.6 Å². The molecule has 2 aliphatic heterocycles. The molecule has 2 rings (SSSR count). The van der Waals surface area contributed by atoms with E-state index in [9.17, 15) is 9.59 Å². The van der Waals surface area contributed by atoms with Gasteiger partial charge in [-0.3, -0.25) is 4.79 Å². The molecule has 6 nitrogen and oxygen atoms in total. The molecule has 0 radical (unpaired) electrons. The van der Waals surface area contributed by atoms with Gasteiger partial charge in [-0.15, -0.1) is 0 Å². The van der Waals surface area contributed by atoms with Crippen LogP contribution < -0.4 is 0 Å².